The molecule has 0 spiro atoms. The van der Waals surface area contributed by atoms with E-state index in [0.717, 1.165) is 37.2 Å². The van der Waals surface area contributed by atoms with E-state index in [1.165, 1.54) is 0 Å². The lowest BCUT2D eigenvalue weighted by Gasteiger charge is -2.22. The van der Waals surface area contributed by atoms with Crippen LogP contribution in [0.2, 0.25) is 0 Å². The number of fused-ring (bicyclic) bond motifs is 2. The maximum absolute atomic E-state index is 12.6. The van der Waals surface area contributed by atoms with Gasteiger partial charge in [-0.2, -0.15) is 0 Å². The van der Waals surface area contributed by atoms with Gasteiger partial charge in [-0.15, -0.1) is 5.10 Å². The van der Waals surface area contributed by atoms with Crippen molar-refractivity contribution in [2.45, 2.75) is 6.92 Å². The first-order chi connectivity index (χ1) is 9.66. The average molecular weight is 271 g/mol. The SMILES string of the molecule is C[C@@]12CNC[C@H]1CN(C(=O)c1ccc3[nH]nnc3c1)C2. The van der Waals surface area contributed by atoms with Gasteiger partial charge < -0.3 is 10.2 Å². The highest BCUT2D eigenvalue weighted by atomic mass is 16.2. The summed E-state index contributed by atoms with van der Waals surface area (Å²) in [4.78, 5) is 14.6. The second-order valence-corrected chi connectivity index (χ2v) is 6.21. The number of nitrogens with zero attached hydrogens (tertiary/aromatic N) is 3. The summed E-state index contributed by atoms with van der Waals surface area (Å²) in [6.45, 7) is 5.97. The number of amides is 1. The van der Waals surface area contributed by atoms with Crippen LogP contribution < -0.4 is 5.32 Å². The van der Waals surface area contributed by atoms with Gasteiger partial charge in [-0.25, -0.2) is 0 Å². The molecule has 0 saturated carbocycles. The summed E-state index contributed by atoms with van der Waals surface area (Å²) < 4.78 is 0. The van der Waals surface area contributed by atoms with Crippen LogP contribution in [0.3, 0.4) is 0 Å². The molecule has 20 heavy (non-hydrogen) atoms. The van der Waals surface area contributed by atoms with Crippen molar-refractivity contribution in [3.05, 3.63) is 23.8 Å². The van der Waals surface area contributed by atoms with Crippen molar-refractivity contribution in [1.29, 1.82) is 0 Å². The lowest BCUT2D eigenvalue weighted by atomic mass is 9.83. The molecule has 2 atom stereocenters. The molecular formula is C14H17N5O. The summed E-state index contributed by atoms with van der Waals surface area (Å²) in [5.41, 5.74) is 2.52. The molecule has 6 nitrogen and oxygen atoms in total. The van der Waals surface area contributed by atoms with Gasteiger partial charge in [-0.3, -0.25) is 9.89 Å². The van der Waals surface area contributed by atoms with Crippen molar-refractivity contribution >= 4 is 16.9 Å². The molecule has 1 aromatic heterocycles. The largest absolute Gasteiger partial charge is 0.338 e. The molecule has 2 aliphatic rings. The van der Waals surface area contributed by atoms with Crippen LogP contribution in [0.1, 0.15) is 17.3 Å². The van der Waals surface area contributed by atoms with Gasteiger partial charge in [0.05, 0.1) is 5.52 Å². The molecule has 0 unspecified atom stereocenters. The van der Waals surface area contributed by atoms with Gasteiger partial charge in [0.2, 0.25) is 0 Å². The third-order valence-electron chi connectivity index (χ3n) is 4.76. The molecule has 0 bridgehead atoms. The number of aromatic nitrogens is 3. The lowest BCUT2D eigenvalue weighted by Crippen LogP contribution is -2.34. The van der Waals surface area contributed by atoms with Crippen molar-refractivity contribution < 1.29 is 4.79 Å². The minimum absolute atomic E-state index is 0.102. The molecule has 2 aliphatic heterocycles. The summed E-state index contributed by atoms with van der Waals surface area (Å²) >= 11 is 0. The van der Waals surface area contributed by atoms with E-state index in [0.29, 0.717) is 11.5 Å². The van der Waals surface area contributed by atoms with Crippen molar-refractivity contribution in [2.24, 2.45) is 11.3 Å². The Morgan fingerprint density at radius 2 is 2.40 bits per heavy atom. The standard InChI is InChI=1S/C14H17N5O/c1-14-7-15-5-10(14)6-19(8-14)13(20)9-2-3-11-12(4-9)17-18-16-11/h2-4,10,15H,5-8H2,1H3,(H,16,17,18)/t10-,14-/m0/s1. The molecular weight excluding hydrogens is 254 g/mol. The Hall–Kier alpha value is -1.95. The lowest BCUT2D eigenvalue weighted by molar-refractivity contribution is 0.0773. The van der Waals surface area contributed by atoms with Gasteiger partial charge in [0, 0.05) is 37.2 Å². The van der Waals surface area contributed by atoms with E-state index in [4.69, 9.17) is 0 Å². The fourth-order valence-corrected chi connectivity index (χ4v) is 3.47. The number of carbonyl (C=O) groups excluding carboxylic acids is 1. The number of benzene rings is 1. The van der Waals surface area contributed by atoms with E-state index in [1.54, 1.807) is 0 Å². The molecule has 2 N–H and O–H groups in total. The van der Waals surface area contributed by atoms with Crippen LogP contribution in [0.15, 0.2) is 18.2 Å². The highest BCUT2D eigenvalue weighted by molar-refractivity contribution is 5.97. The molecule has 0 radical (unpaired) electrons. The zero-order valence-corrected chi connectivity index (χ0v) is 11.4. The van der Waals surface area contributed by atoms with E-state index in [2.05, 4.69) is 27.7 Å². The van der Waals surface area contributed by atoms with Crippen LogP contribution in [0, 0.1) is 11.3 Å². The van der Waals surface area contributed by atoms with E-state index in [1.807, 2.05) is 23.1 Å². The van der Waals surface area contributed by atoms with Crippen LogP contribution in [0.4, 0.5) is 0 Å². The summed E-state index contributed by atoms with van der Waals surface area (Å²) in [6, 6.07) is 5.53. The third-order valence-corrected chi connectivity index (χ3v) is 4.76. The van der Waals surface area contributed by atoms with Crippen LogP contribution in [0.5, 0.6) is 0 Å². The summed E-state index contributed by atoms with van der Waals surface area (Å²) in [5, 5.41) is 13.9. The Labute approximate surface area is 116 Å². The zero-order chi connectivity index (χ0) is 13.7. The molecule has 2 fully saturated rings. The molecule has 2 saturated heterocycles. The smallest absolute Gasteiger partial charge is 0.253 e. The van der Waals surface area contributed by atoms with Gasteiger partial charge in [-0.1, -0.05) is 12.1 Å². The Bertz CT molecular complexity index is 681. The molecule has 0 aliphatic carbocycles. The number of H-pyrrole nitrogens is 1. The monoisotopic (exact) mass is 271 g/mol. The summed E-state index contributed by atoms with van der Waals surface area (Å²) in [6.07, 6.45) is 0. The predicted octanol–water partition coefficient (Wildman–Crippen LogP) is 0.639. The van der Waals surface area contributed by atoms with Gasteiger partial charge in [0.15, 0.2) is 0 Å². The molecule has 1 amide bonds. The molecule has 1 aromatic carbocycles. The first-order valence-corrected chi connectivity index (χ1v) is 6.96. The topological polar surface area (TPSA) is 73.9 Å². The Morgan fingerprint density at radius 3 is 3.25 bits per heavy atom. The summed E-state index contributed by atoms with van der Waals surface area (Å²) in [7, 11) is 0. The number of rotatable bonds is 1. The van der Waals surface area contributed by atoms with Gasteiger partial charge in [0.1, 0.15) is 5.52 Å². The van der Waals surface area contributed by atoms with Crippen molar-refractivity contribution in [3.63, 3.8) is 0 Å². The first kappa shape index (κ1) is 11.8. The maximum Gasteiger partial charge on any atom is 0.253 e. The van der Waals surface area contributed by atoms with Crippen LogP contribution in [-0.2, 0) is 0 Å². The van der Waals surface area contributed by atoms with E-state index in [-0.39, 0.29) is 11.3 Å². The van der Waals surface area contributed by atoms with Crippen LogP contribution in [0.25, 0.3) is 11.0 Å². The molecule has 3 heterocycles. The highest BCUT2D eigenvalue weighted by Crippen LogP contribution is 2.38. The number of carbonyl (C=O) groups is 1. The Kier molecular flexibility index (Phi) is 2.38. The second kappa shape index (κ2) is 4.02. The molecule has 104 valence electrons. The highest BCUT2D eigenvalue weighted by Gasteiger charge is 2.47. The van der Waals surface area contributed by atoms with Gasteiger partial charge in [-0.05, 0) is 24.1 Å². The summed E-state index contributed by atoms with van der Waals surface area (Å²) in [5.74, 6) is 0.674. The van der Waals surface area contributed by atoms with Gasteiger partial charge in [0.25, 0.3) is 5.91 Å². The number of hydrogen-bond donors (Lipinski definition) is 2. The maximum atomic E-state index is 12.6. The normalized spacial score (nSPS) is 29.1. The van der Waals surface area contributed by atoms with E-state index >= 15 is 0 Å². The molecule has 6 heteroatoms. The predicted molar refractivity (Wildman–Crippen MR) is 74.3 cm³/mol. The number of aromatic amines is 1. The Morgan fingerprint density at radius 1 is 1.50 bits per heavy atom. The third kappa shape index (κ3) is 1.64. The van der Waals surface area contributed by atoms with Crippen LogP contribution in [-0.4, -0.2) is 52.4 Å². The number of hydrogen-bond acceptors (Lipinski definition) is 4. The van der Waals surface area contributed by atoms with Crippen molar-refractivity contribution in [2.75, 3.05) is 26.2 Å². The number of likely N-dealkylation sites (tertiary alicyclic amines) is 1. The molecule has 4 rings (SSSR count). The van der Waals surface area contributed by atoms with Crippen LogP contribution >= 0.6 is 0 Å². The fraction of sp³-hybridized carbons (Fsp3) is 0.500. The number of nitrogens with one attached hydrogen (secondary N) is 2. The molecule has 2 aromatic rings. The van der Waals surface area contributed by atoms with E-state index < -0.39 is 0 Å². The zero-order valence-electron chi connectivity index (χ0n) is 11.4. The fourth-order valence-electron chi connectivity index (χ4n) is 3.47. The second-order valence-electron chi connectivity index (χ2n) is 6.21. The van der Waals surface area contributed by atoms with Gasteiger partial charge >= 0.3 is 0 Å². The minimum atomic E-state index is 0.102. The first-order valence-electron chi connectivity index (χ1n) is 6.96. The Balaban J connectivity index is 1.61. The quantitative estimate of drug-likeness (QED) is 0.798. The van der Waals surface area contributed by atoms with Crippen molar-refractivity contribution in [1.82, 2.24) is 25.6 Å². The average Bonchev–Trinajstić information content (AvgIpc) is 3.09. The minimum Gasteiger partial charge on any atom is -0.338 e. The van der Waals surface area contributed by atoms with E-state index in [9.17, 15) is 4.79 Å². The van der Waals surface area contributed by atoms with Crippen molar-refractivity contribution in [3.8, 4) is 0 Å².